The molecule has 3 nitrogen and oxygen atoms in total. The topological polar surface area (TPSA) is 28.2 Å². The highest BCUT2D eigenvalue weighted by atomic mass is 79.9. The van der Waals surface area contributed by atoms with Gasteiger partial charge in [-0.3, -0.25) is 0 Å². The van der Waals surface area contributed by atoms with Gasteiger partial charge in [0.15, 0.2) is 5.13 Å². The highest BCUT2D eigenvalue weighted by Gasteiger charge is 2.29. The number of hydrogen-bond acceptors (Lipinski definition) is 4. The second-order valence-corrected chi connectivity index (χ2v) is 5.97. The molecule has 2 aliphatic heterocycles. The van der Waals surface area contributed by atoms with E-state index in [4.69, 9.17) is 0 Å². The zero-order valence-electron chi connectivity index (χ0n) is 8.45. The summed E-state index contributed by atoms with van der Waals surface area (Å²) in [5.74, 6) is 0. The Morgan fingerprint density at radius 3 is 3.07 bits per heavy atom. The third-order valence-corrected chi connectivity index (χ3v) is 4.87. The summed E-state index contributed by atoms with van der Waals surface area (Å²) in [6.45, 7) is 2.27. The Kier molecular flexibility index (Phi) is 2.70. The first-order chi connectivity index (χ1) is 7.31. The molecule has 3 rings (SSSR count). The number of fused-ring (bicyclic) bond motifs is 2. The van der Waals surface area contributed by atoms with E-state index >= 15 is 0 Å². The van der Waals surface area contributed by atoms with Gasteiger partial charge in [0.25, 0.3) is 0 Å². The standard InChI is InChI=1S/C10H14BrN3S/c11-9-6-15-10(13-9)14-4-3-7-1-2-8(5-14)12-7/h6-8,12H,1-5H2. The molecule has 2 aliphatic rings. The summed E-state index contributed by atoms with van der Waals surface area (Å²) in [7, 11) is 0. The van der Waals surface area contributed by atoms with Crippen LogP contribution < -0.4 is 10.2 Å². The molecular weight excluding hydrogens is 274 g/mol. The normalized spacial score (nSPS) is 30.6. The SMILES string of the molecule is Brc1csc(N2CCC3CCC(C2)N3)n1. The van der Waals surface area contributed by atoms with Crippen LogP contribution in [0.2, 0.25) is 0 Å². The number of rotatable bonds is 1. The second kappa shape index (κ2) is 4.03. The molecule has 3 heterocycles. The van der Waals surface area contributed by atoms with Crippen LogP contribution in [0.5, 0.6) is 0 Å². The molecule has 2 saturated heterocycles. The number of anilines is 1. The number of thiazole rings is 1. The monoisotopic (exact) mass is 287 g/mol. The molecule has 2 fully saturated rings. The van der Waals surface area contributed by atoms with Gasteiger partial charge in [-0.05, 0) is 35.2 Å². The van der Waals surface area contributed by atoms with E-state index in [1.54, 1.807) is 11.3 Å². The maximum Gasteiger partial charge on any atom is 0.186 e. The summed E-state index contributed by atoms with van der Waals surface area (Å²) in [4.78, 5) is 6.92. The largest absolute Gasteiger partial charge is 0.346 e. The molecule has 0 aromatic carbocycles. The lowest BCUT2D eigenvalue weighted by atomic mass is 10.1. The molecule has 0 radical (unpaired) electrons. The minimum absolute atomic E-state index is 0.681. The maximum absolute atomic E-state index is 4.49. The van der Waals surface area contributed by atoms with Crippen molar-refractivity contribution in [3.8, 4) is 0 Å². The highest BCUT2D eigenvalue weighted by Crippen LogP contribution is 2.28. The first kappa shape index (κ1) is 10.1. The number of aromatic nitrogens is 1. The summed E-state index contributed by atoms with van der Waals surface area (Å²) in [5, 5.41) is 6.91. The molecule has 1 N–H and O–H groups in total. The average Bonchev–Trinajstić information content (AvgIpc) is 2.74. The smallest absolute Gasteiger partial charge is 0.186 e. The van der Waals surface area contributed by atoms with Crippen molar-refractivity contribution in [1.29, 1.82) is 0 Å². The van der Waals surface area contributed by atoms with E-state index in [0.717, 1.165) is 28.9 Å². The fraction of sp³-hybridized carbons (Fsp3) is 0.700. The molecule has 1 aromatic heterocycles. The van der Waals surface area contributed by atoms with Gasteiger partial charge in [0.1, 0.15) is 4.60 Å². The van der Waals surface area contributed by atoms with E-state index < -0.39 is 0 Å². The van der Waals surface area contributed by atoms with Gasteiger partial charge in [0.2, 0.25) is 0 Å². The Bertz CT molecular complexity index is 354. The quantitative estimate of drug-likeness (QED) is 0.859. The molecule has 0 aliphatic carbocycles. The predicted molar refractivity (Wildman–Crippen MR) is 66.6 cm³/mol. The van der Waals surface area contributed by atoms with Crippen molar-refractivity contribution in [2.75, 3.05) is 18.0 Å². The van der Waals surface area contributed by atoms with Crippen LogP contribution in [0.1, 0.15) is 19.3 Å². The molecule has 5 heteroatoms. The van der Waals surface area contributed by atoms with Crippen molar-refractivity contribution in [3.63, 3.8) is 0 Å². The van der Waals surface area contributed by atoms with Gasteiger partial charge < -0.3 is 10.2 Å². The minimum atomic E-state index is 0.681. The van der Waals surface area contributed by atoms with Crippen LogP contribution in [0.4, 0.5) is 5.13 Å². The van der Waals surface area contributed by atoms with E-state index in [-0.39, 0.29) is 0 Å². The van der Waals surface area contributed by atoms with E-state index in [2.05, 4.69) is 36.5 Å². The van der Waals surface area contributed by atoms with Crippen molar-refractivity contribution in [2.24, 2.45) is 0 Å². The minimum Gasteiger partial charge on any atom is -0.346 e. The van der Waals surface area contributed by atoms with Gasteiger partial charge in [-0.15, -0.1) is 11.3 Å². The van der Waals surface area contributed by atoms with Crippen LogP contribution >= 0.6 is 27.3 Å². The third kappa shape index (κ3) is 2.05. The molecule has 2 bridgehead atoms. The summed E-state index contributed by atoms with van der Waals surface area (Å²) in [6.07, 6.45) is 3.95. The average molecular weight is 288 g/mol. The fourth-order valence-electron chi connectivity index (χ4n) is 2.51. The van der Waals surface area contributed by atoms with Gasteiger partial charge in [0, 0.05) is 30.6 Å². The Hall–Kier alpha value is -0.130. The van der Waals surface area contributed by atoms with Crippen LogP contribution in [-0.2, 0) is 0 Å². The predicted octanol–water partition coefficient (Wildman–Crippen LogP) is 2.24. The Labute approximate surface area is 102 Å². The zero-order valence-corrected chi connectivity index (χ0v) is 10.9. The van der Waals surface area contributed by atoms with Crippen LogP contribution in [0, 0.1) is 0 Å². The first-order valence-electron chi connectivity index (χ1n) is 5.43. The summed E-state index contributed by atoms with van der Waals surface area (Å²) >= 11 is 5.15. The van der Waals surface area contributed by atoms with Gasteiger partial charge in [-0.2, -0.15) is 0 Å². The first-order valence-corrected chi connectivity index (χ1v) is 7.10. The van der Waals surface area contributed by atoms with Crippen molar-refractivity contribution in [1.82, 2.24) is 10.3 Å². The van der Waals surface area contributed by atoms with Crippen molar-refractivity contribution in [2.45, 2.75) is 31.3 Å². The van der Waals surface area contributed by atoms with Crippen molar-refractivity contribution in [3.05, 3.63) is 9.98 Å². The number of nitrogens with zero attached hydrogens (tertiary/aromatic N) is 2. The molecule has 0 saturated carbocycles. The molecule has 2 atom stereocenters. The molecule has 15 heavy (non-hydrogen) atoms. The van der Waals surface area contributed by atoms with Crippen LogP contribution in [-0.4, -0.2) is 30.2 Å². The molecular formula is C10H14BrN3S. The summed E-state index contributed by atoms with van der Waals surface area (Å²) < 4.78 is 0.963. The fourth-order valence-corrected chi connectivity index (χ4v) is 3.79. The summed E-state index contributed by atoms with van der Waals surface area (Å²) in [5.41, 5.74) is 0. The molecule has 0 spiro atoms. The molecule has 82 valence electrons. The lowest BCUT2D eigenvalue weighted by Crippen LogP contribution is -2.35. The lowest BCUT2D eigenvalue weighted by molar-refractivity contribution is 0.563. The van der Waals surface area contributed by atoms with E-state index in [9.17, 15) is 0 Å². The Balaban J connectivity index is 1.77. The maximum atomic E-state index is 4.49. The van der Waals surface area contributed by atoms with Gasteiger partial charge in [-0.25, -0.2) is 4.98 Å². The van der Waals surface area contributed by atoms with E-state index in [0.29, 0.717) is 6.04 Å². The van der Waals surface area contributed by atoms with Crippen LogP contribution in [0.15, 0.2) is 9.98 Å². The Morgan fingerprint density at radius 2 is 2.27 bits per heavy atom. The van der Waals surface area contributed by atoms with Gasteiger partial charge >= 0.3 is 0 Å². The zero-order chi connectivity index (χ0) is 10.3. The molecule has 0 amide bonds. The summed E-state index contributed by atoms with van der Waals surface area (Å²) in [6, 6.07) is 1.43. The van der Waals surface area contributed by atoms with Crippen molar-refractivity contribution >= 4 is 32.4 Å². The second-order valence-electron chi connectivity index (χ2n) is 4.33. The van der Waals surface area contributed by atoms with Crippen molar-refractivity contribution < 1.29 is 0 Å². The number of halogens is 1. The van der Waals surface area contributed by atoms with Gasteiger partial charge in [-0.1, -0.05) is 0 Å². The van der Waals surface area contributed by atoms with E-state index in [1.165, 1.54) is 19.3 Å². The van der Waals surface area contributed by atoms with E-state index in [1.807, 2.05) is 0 Å². The third-order valence-electron chi connectivity index (χ3n) is 3.26. The highest BCUT2D eigenvalue weighted by molar-refractivity contribution is 9.10. The number of hydrogen-bond donors (Lipinski definition) is 1. The van der Waals surface area contributed by atoms with Crippen LogP contribution in [0.3, 0.4) is 0 Å². The molecule has 1 aromatic rings. The van der Waals surface area contributed by atoms with Crippen LogP contribution in [0.25, 0.3) is 0 Å². The number of nitrogens with one attached hydrogen (secondary N) is 1. The Morgan fingerprint density at radius 1 is 1.40 bits per heavy atom. The lowest BCUT2D eigenvalue weighted by Gasteiger charge is -2.23. The van der Waals surface area contributed by atoms with Gasteiger partial charge in [0.05, 0.1) is 0 Å². The molecule has 2 unspecified atom stereocenters.